The molecule has 89 heavy (non-hydrogen) atoms. The zero-order valence-corrected chi connectivity index (χ0v) is 53.1. The molecular weight excluding hydrogens is 1200 g/mol. The van der Waals surface area contributed by atoms with Crippen molar-refractivity contribution in [2.75, 3.05) is 33.5 Å². The molecule has 8 aromatic rings. The zero-order chi connectivity index (χ0) is 62.9. The van der Waals surface area contributed by atoms with Crippen LogP contribution in [-0.2, 0) is 62.2 Å². The molecule has 0 spiro atoms. The van der Waals surface area contributed by atoms with Crippen LogP contribution in [0.2, 0.25) is 0 Å². The fraction of sp³-hybridized carbons (Fsp3) is 0.385. The van der Waals surface area contributed by atoms with Gasteiger partial charge in [0.1, 0.15) is 46.0 Å². The van der Waals surface area contributed by atoms with E-state index < -0.39 is 18.3 Å². The number of hydrogen-bond acceptors (Lipinski definition) is 16. The molecule has 0 atom stereocenters. The number of rotatable bonds is 10. The molecular formula is C65H74BBrN14O8. The number of fused-ring (bicyclic) bond motifs is 6. The van der Waals surface area contributed by atoms with E-state index in [2.05, 4.69) is 93.3 Å². The first-order chi connectivity index (χ1) is 41.6. The van der Waals surface area contributed by atoms with Gasteiger partial charge in [-0.3, -0.25) is 38.7 Å². The standard InChI is InChI=1S/C29H29N7O3.C18H18BrN3O2.C17H23BN4O3.CH4/c1-17-31-6-5-26(32-17)33-22-9-19(15-34(4)27(22)38)20-13-30-14-25(21(20)16-37)36-8-7-35-23(28(36)39)10-18-11-29(2,3)12-24(18)35;1-18(2)6-11-5-14-17(24)22(4-3-21(14)15(11)7-18)16-9-20-8-13(19)12(16)10-23;1-11-19-8-7-14(20-11)21-13-9-12(10-22(6)15(13)23)18-24-16(2,3)17(4,5)25-18;/h5-6,9-10,13-16H,7-8,11-12H2,1-4H3,(H,31,32,33);5,8-10H,3-4,6-7H2,1-2H3;7-10H,1-6H3,(H,19,20,21);1H4. The van der Waals surface area contributed by atoms with E-state index >= 15 is 0 Å². The minimum atomic E-state index is -0.538. The Balaban J connectivity index is 0.000000153. The summed E-state index contributed by atoms with van der Waals surface area (Å²) < 4.78 is 20.0. The normalized spacial score (nSPS) is 17.0. The molecule has 0 bridgehead atoms. The van der Waals surface area contributed by atoms with E-state index in [4.69, 9.17) is 9.31 Å². The van der Waals surface area contributed by atoms with Crippen molar-refractivity contribution in [3.63, 3.8) is 0 Å². The summed E-state index contributed by atoms with van der Waals surface area (Å²) >= 11 is 3.34. The highest BCUT2D eigenvalue weighted by atomic mass is 79.9. The first kappa shape index (κ1) is 63.3. The molecule has 2 aliphatic carbocycles. The van der Waals surface area contributed by atoms with Crippen LogP contribution in [0.3, 0.4) is 0 Å². The number of carbonyl (C=O) groups excluding carboxylic acids is 4. The number of aromatic nitrogens is 10. The molecule has 1 fully saturated rings. The van der Waals surface area contributed by atoms with Gasteiger partial charge in [0, 0.05) is 115 Å². The highest BCUT2D eigenvalue weighted by Crippen LogP contribution is 2.42. The van der Waals surface area contributed by atoms with Gasteiger partial charge in [-0.1, -0.05) is 35.1 Å². The van der Waals surface area contributed by atoms with Crippen LogP contribution in [0, 0.1) is 24.7 Å². The number of anilines is 6. The molecule has 8 aromatic heterocycles. The fourth-order valence-corrected chi connectivity index (χ4v) is 12.7. The van der Waals surface area contributed by atoms with Gasteiger partial charge in [0.05, 0.1) is 40.5 Å². The van der Waals surface area contributed by atoms with Crippen LogP contribution < -0.4 is 37.0 Å². The van der Waals surface area contributed by atoms with Gasteiger partial charge in [-0.25, -0.2) is 19.9 Å². The first-order valence-corrected chi connectivity index (χ1v) is 29.9. The predicted octanol–water partition coefficient (Wildman–Crippen LogP) is 9.09. The number of pyridine rings is 4. The maximum absolute atomic E-state index is 13.7. The highest BCUT2D eigenvalue weighted by molar-refractivity contribution is 9.10. The third-order valence-corrected chi connectivity index (χ3v) is 17.9. The van der Waals surface area contributed by atoms with Gasteiger partial charge in [0.25, 0.3) is 22.9 Å². The molecule has 11 heterocycles. The maximum Gasteiger partial charge on any atom is 0.496 e. The van der Waals surface area contributed by atoms with E-state index in [0.717, 1.165) is 56.0 Å². The zero-order valence-electron chi connectivity index (χ0n) is 51.5. The van der Waals surface area contributed by atoms with Crippen LogP contribution >= 0.6 is 15.9 Å². The minimum Gasteiger partial charge on any atom is -0.399 e. The third kappa shape index (κ3) is 12.3. The monoisotopic (exact) mass is 1270 g/mol. The van der Waals surface area contributed by atoms with Crippen LogP contribution in [0.25, 0.3) is 11.1 Å². The average Bonchev–Trinajstić information content (AvgIpc) is 1.69. The predicted molar refractivity (Wildman–Crippen MR) is 346 cm³/mol. The largest absolute Gasteiger partial charge is 0.496 e. The molecule has 22 nitrogen and oxygen atoms in total. The summed E-state index contributed by atoms with van der Waals surface area (Å²) in [6, 6.07) is 10.9. The quantitative estimate of drug-likeness (QED) is 0.0957. The molecule has 24 heteroatoms. The Morgan fingerprint density at radius 1 is 0.596 bits per heavy atom. The van der Waals surface area contributed by atoms with Gasteiger partial charge < -0.3 is 48.0 Å². The summed E-state index contributed by atoms with van der Waals surface area (Å²) in [6.07, 6.45) is 18.4. The molecule has 0 aromatic carbocycles. The average molecular weight is 1270 g/mol. The molecule has 462 valence electrons. The van der Waals surface area contributed by atoms with E-state index in [0.29, 0.717) is 98.1 Å². The lowest BCUT2D eigenvalue weighted by Gasteiger charge is -2.32. The van der Waals surface area contributed by atoms with Crippen LogP contribution in [0.5, 0.6) is 0 Å². The number of nitrogens with zero attached hydrogens (tertiary/aromatic N) is 12. The lowest BCUT2D eigenvalue weighted by molar-refractivity contribution is 0.00578. The maximum atomic E-state index is 13.7. The molecule has 3 aliphatic heterocycles. The topological polar surface area (TPSA) is 248 Å². The van der Waals surface area contributed by atoms with Crippen molar-refractivity contribution in [1.82, 2.24) is 48.2 Å². The summed E-state index contributed by atoms with van der Waals surface area (Å²) in [5.74, 6) is 2.05. The van der Waals surface area contributed by atoms with Crippen LogP contribution in [0.4, 0.5) is 34.4 Å². The van der Waals surface area contributed by atoms with Gasteiger partial charge >= 0.3 is 7.12 Å². The Labute approximate surface area is 525 Å². The van der Waals surface area contributed by atoms with Gasteiger partial charge in [0.15, 0.2) is 12.6 Å². The highest BCUT2D eigenvalue weighted by Gasteiger charge is 2.52. The summed E-state index contributed by atoms with van der Waals surface area (Å²) in [4.78, 5) is 105. The van der Waals surface area contributed by atoms with Crippen molar-refractivity contribution in [3.05, 3.63) is 168 Å². The number of nitrogens with one attached hydrogen (secondary N) is 2. The Hall–Kier alpha value is -8.74. The molecule has 0 unspecified atom stereocenters. The Morgan fingerprint density at radius 3 is 1.54 bits per heavy atom. The van der Waals surface area contributed by atoms with E-state index in [-0.39, 0.29) is 41.2 Å². The molecule has 0 radical (unpaired) electrons. The molecule has 2 amide bonds. The summed E-state index contributed by atoms with van der Waals surface area (Å²) in [6.45, 7) is 23.0. The third-order valence-electron chi connectivity index (χ3n) is 17.3. The smallest absolute Gasteiger partial charge is 0.399 e. The van der Waals surface area contributed by atoms with Crippen molar-refractivity contribution >= 4 is 87.3 Å². The number of aldehydes is 2. The second-order valence-corrected chi connectivity index (χ2v) is 26.5. The number of halogens is 1. The number of carbonyl (C=O) groups is 4. The number of aryl methyl sites for hydroxylation is 4. The fourth-order valence-electron chi connectivity index (χ4n) is 12.3. The van der Waals surface area contributed by atoms with Gasteiger partial charge in [-0.15, -0.1) is 0 Å². The van der Waals surface area contributed by atoms with Crippen molar-refractivity contribution < 1.29 is 28.5 Å². The summed E-state index contributed by atoms with van der Waals surface area (Å²) in [5, 5.41) is 6.12. The minimum absolute atomic E-state index is 0. The molecule has 2 N–H and O–H groups in total. The lowest BCUT2D eigenvalue weighted by atomic mass is 9.80. The van der Waals surface area contributed by atoms with Gasteiger partial charge in [-0.05, 0) is 142 Å². The molecule has 5 aliphatic rings. The van der Waals surface area contributed by atoms with Crippen molar-refractivity contribution in [1.29, 1.82) is 0 Å². The number of hydrogen-bond donors (Lipinski definition) is 2. The second kappa shape index (κ2) is 24.0. The second-order valence-electron chi connectivity index (χ2n) is 25.6. The molecule has 0 saturated carbocycles. The summed E-state index contributed by atoms with van der Waals surface area (Å²) in [7, 11) is 2.81. The van der Waals surface area contributed by atoms with Crippen LogP contribution in [0.15, 0.2) is 100 Å². The van der Waals surface area contributed by atoms with E-state index in [1.807, 2.05) is 39.8 Å². The van der Waals surface area contributed by atoms with Gasteiger partial charge in [0.2, 0.25) is 0 Å². The van der Waals surface area contributed by atoms with Crippen molar-refractivity contribution in [2.24, 2.45) is 24.9 Å². The van der Waals surface area contributed by atoms with E-state index in [9.17, 15) is 28.8 Å². The van der Waals surface area contributed by atoms with E-state index in [1.165, 1.54) is 31.6 Å². The van der Waals surface area contributed by atoms with Crippen LogP contribution in [0.1, 0.15) is 139 Å². The Kier molecular flexibility index (Phi) is 17.1. The van der Waals surface area contributed by atoms with Crippen LogP contribution in [-0.4, -0.2) is 104 Å². The van der Waals surface area contributed by atoms with Crippen molar-refractivity contribution in [2.45, 2.75) is 127 Å². The lowest BCUT2D eigenvalue weighted by Crippen LogP contribution is -2.41. The number of amides is 2. The Bertz CT molecular complexity index is 4260. The van der Waals surface area contributed by atoms with E-state index in [1.54, 1.807) is 112 Å². The summed E-state index contributed by atoms with van der Waals surface area (Å²) in [5.41, 5.74) is 10.0. The van der Waals surface area contributed by atoms with Gasteiger partial charge in [-0.2, -0.15) is 0 Å². The SMILES string of the molecule is C.CC1(C)Cc2cc3n(c2C1)CCN(c1cncc(Br)c1C=O)C3=O.Cc1nccc(Nc2cc(-c3cncc(N4CCn5c(cc6c5CC(C)(C)C6)C4=O)c3C=O)cn(C)c2=O)n1.Cc1nccc(Nc2cc(B3OC(C)(C)C(C)(C)O3)cn(C)c2=O)n1. The Morgan fingerprint density at radius 2 is 1.06 bits per heavy atom. The first-order valence-electron chi connectivity index (χ1n) is 29.1. The molecule has 13 rings (SSSR count). The van der Waals surface area contributed by atoms with Crippen molar-refractivity contribution in [3.8, 4) is 11.1 Å². The molecule has 1 saturated heterocycles.